The zero-order valence-electron chi connectivity index (χ0n) is 10.1. The van der Waals surface area contributed by atoms with Gasteiger partial charge in [-0.15, -0.1) is 0 Å². The molecule has 1 aromatic carbocycles. The second-order valence-electron chi connectivity index (χ2n) is 4.47. The molecule has 1 unspecified atom stereocenters. The summed E-state index contributed by atoms with van der Waals surface area (Å²) in [7, 11) is 0. The van der Waals surface area contributed by atoms with Gasteiger partial charge in [-0.3, -0.25) is 4.79 Å². The summed E-state index contributed by atoms with van der Waals surface area (Å²) < 4.78 is 0. The third kappa shape index (κ3) is 3.32. The van der Waals surface area contributed by atoms with E-state index in [-0.39, 0.29) is 11.8 Å². The van der Waals surface area contributed by atoms with E-state index in [9.17, 15) is 4.79 Å². The Morgan fingerprint density at radius 2 is 2.26 bits per heavy atom. The molecule has 0 spiro atoms. The minimum atomic E-state index is 0.0502. The first-order valence-corrected chi connectivity index (χ1v) is 6.59. The van der Waals surface area contributed by atoms with E-state index >= 15 is 0 Å². The average molecular weight is 299 g/mol. The fourth-order valence-corrected chi connectivity index (χ4v) is 2.54. The van der Waals surface area contributed by atoms with Crippen molar-refractivity contribution in [2.75, 3.05) is 13.1 Å². The van der Waals surface area contributed by atoms with Gasteiger partial charge in [0.05, 0.1) is 10.0 Å². The molecule has 1 aromatic rings. The summed E-state index contributed by atoms with van der Waals surface area (Å²) >= 11 is 12.0. The molecule has 0 saturated carbocycles. The fraction of sp³-hybridized carbons (Fsp3) is 0.417. The van der Waals surface area contributed by atoms with Gasteiger partial charge in [0.1, 0.15) is 0 Å². The van der Waals surface area contributed by atoms with Gasteiger partial charge in [-0.25, -0.2) is 0 Å². The minimum Gasteiger partial charge on any atom is -0.338 e. The van der Waals surface area contributed by atoms with Crippen molar-refractivity contribution in [1.82, 2.24) is 4.90 Å². The minimum absolute atomic E-state index is 0.0502. The Balaban J connectivity index is 2.05. The third-order valence-corrected chi connectivity index (χ3v) is 3.95. The van der Waals surface area contributed by atoms with E-state index in [0.29, 0.717) is 36.1 Å². The summed E-state index contributed by atoms with van der Waals surface area (Å²) in [6.07, 6.45) is 0.414. The SMILES string of the molecule is [N-]=[N+]=NCC1CC(=O)N(Cc2cccc(Cl)c2Cl)C1. The molecule has 7 heteroatoms. The molecule has 0 aromatic heterocycles. The van der Waals surface area contributed by atoms with Crippen LogP contribution in [0, 0.1) is 5.92 Å². The number of benzene rings is 1. The van der Waals surface area contributed by atoms with Crippen LogP contribution in [0.25, 0.3) is 10.4 Å². The van der Waals surface area contributed by atoms with Gasteiger partial charge in [-0.2, -0.15) is 0 Å². The van der Waals surface area contributed by atoms with Crippen molar-refractivity contribution < 1.29 is 4.79 Å². The number of carbonyl (C=O) groups is 1. The van der Waals surface area contributed by atoms with Crippen molar-refractivity contribution >= 4 is 29.1 Å². The maximum atomic E-state index is 11.9. The molecular formula is C12H12Cl2N4O. The van der Waals surface area contributed by atoms with Crippen LogP contribution in [0.3, 0.4) is 0 Å². The average Bonchev–Trinajstić information content (AvgIpc) is 2.73. The van der Waals surface area contributed by atoms with Gasteiger partial charge in [-0.05, 0) is 23.1 Å². The number of halogens is 2. The van der Waals surface area contributed by atoms with Crippen molar-refractivity contribution in [3.05, 3.63) is 44.3 Å². The number of nitrogens with zero attached hydrogens (tertiary/aromatic N) is 4. The molecule has 2 rings (SSSR count). The number of hydrogen-bond acceptors (Lipinski definition) is 2. The molecule has 0 N–H and O–H groups in total. The first kappa shape index (κ1) is 14.0. The quantitative estimate of drug-likeness (QED) is 0.475. The summed E-state index contributed by atoms with van der Waals surface area (Å²) in [5.41, 5.74) is 9.11. The standard InChI is InChI=1S/C12H12Cl2N4O/c13-10-3-1-2-9(12(10)14)7-18-6-8(4-11(18)19)5-16-17-15/h1-3,8H,4-7H2. The number of amides is 1. The number of azide groups is 1. The lowest BCUT2D eigenvalue weighted by Crippen LogP contribution is -2.25. The number of likely N-dealkylation sites (tertiary alicyclic amines) is 1. The van der Waals surface area contributed by atoms with E-state index in [4.69, 9.17) is 28.7 Å². The Morgan fingerprint density at radius 1 is 1.47 bits per heavy atom. The number of carbonyl (C=O) groups excluding carboxylic acids is 1. The highest BCUT2D eigenvalue weighted by Crippen LogP contribution is 2.28. The Labute approximate surface area is 120 Å². The summed E-state index contributed by atoms with van der Waals surface area (Å²) in [4.78, 5) is 16.3. The third-order valence-electron chi connectivity index (χ3n) is 3.09. The molecule has 100 valence electrons. The number of hydrogen-bond donors (Lipinski definition) is 0. The van der Waals surface area contributed by atoms with Crippen molar-refractivity contribution in [3.8, 4) is 0 Å². The van der Waals surface area contributed by atoms with E-state index < -0.39 is 0 Å². The van der Waals surface area contributed by atoms with Gasteiger partial charge < -0.3 is 4.90 Å². The Bertz CT molecular complexity index is 543. The lowest BCUT2D eigenvalue weighted by molar-refractivity contribution is -0.128. The van der Waals surface area contributed by atoms with E-state index in [1.165, 1.54) is 0 Å². The summed E-state index contributed by atoms with van der Waals surface area (Å²) in [5.74, 6) is 0.135. The Hall–Kier alpha value is -1.42. The van der Waals surface area contributed by atoms with Crippen LogP contribution in [0.5, 0.6) is 0 Å². The normalized spacial score (nSPS) is 18.5. The molecule has 0 aliphatic carbocycles. The predicted octanol–water partition coefficient (Wildman–Crippen LogP) is 3.65. The van der Waals surface area contributed by atoms with Gasteiger partial charge in [0.15, 0.2) is 0 Å². The molecule has 1 aliphatic rings. The van der Waals surface area contributed by atoms with E-state index in [0.717, 1.165) is 5.56 Å². The van der Waals surface area contributed by atoms with Crippen LogP contribution in [0.1, 0.15) is 12.0 Å². The second kappa shape index (κ2) is 6.15. The Morgan fingerprint density at radius 3 is 3.00 bits per heavy atom. The van der Waals surface area contributed by atoms with Crippen LogP contribution in [-0.2, 0) is 11.3 Å². The monoisotopic (exact) mass is 298 g/mol. The first-order chi connectivity index (χ1) is 9.11. The molecule has 1 aliphatic heterocycles. The van der Waals surface area contributed by atoms with Crippen LogP contribution < -0.4 is 0 Å². The topological polar surface area (TPSA) is 69.1 Å². The molecule has 0 bridgehead atoms. The first-order valence-electron chi connectivity index (χ1n) is 5.83. The van der Waals surface area contributed by atoms with Crippen molar-refractivity contribution in [1.29, 1.82) is 0 Å². The summed E-state index contributed by atoms with van der Waals surface area (Å²) in [6.45, 7) is 1.37. The smallest absolute Gasteiger partial charge is 0.223 e. The molecule has 1 atom stereocenters. The van der Waals surface area contributed by atoms with Crippen molar-refractivity contribution in [3.63, 3.8) is 0 Å². The number of rotatable bonds is 4. The molecular weight excluding hydrogens is 287 g/mol. The highest BCUT2D eigenvalue weighted by Gasteiger charge is 2.29. The largest absolute Gasteiger partial charge is 0.338 e. The molecule has 1 heterocycles. The zero-order chi connectivity index (χ0) is 13.8. The maximum absolute atomic E-state index is 11.9. The van der Waals surface area contributed by atoms with Gasteiger partial charge in [0.2, 0.25) is 5.91 Å². The predicted molar refractivity (Wildman–Crippen MR) is 74.0 cm³/mol. The maximum Gasteiger partial charge on any atom is 0.223 e. The van der Waals surface area contributed by atoms with Crippen LogP contribution in [0.15, 0.2) is 23.3 Å². The summed E-state index contributed by atoms with van der Waals surface area (Å²) in [5, 5.41) is 4.48. The van der Waals surface area contributed by atoms with Crippen LogP contribution >= 0.6 is 23.2 Å². The molecule has 1 fully saturated rings. The zero-order valence-corrected chi connectivity index (χ0v) is 11.6. The van der Waals surface area contributed by atoms with Gasteiger partial charge in [-0.1, -0.05) is 40.4 Å². The van der Waals surface area contributed by atoms with E-state index in [2.05, 4.69) is 10.0 Å². The lowest BCUT2D eigenvalue weighted by atomic mass is 10.1. The van der Waals surface area contributed by atoms with E-state index in [1.54, 1.807) is 11.0 Å². The second-order valence-corrected chi connectivity index (χ2v) is 5.26. The molecule has 5 nitrogen and oxygen atoms in total. The molecule has 1 saturated heterocycles. The van der Waals surface area contributed by atoms with Crippen LogP contribution in [0.4, 0.5) is 0 Å². The van der Waals surface area contributed by atoms with Crippen LogP contribution in [-0.4, -0.2) is 23.9 Å². The van der Waals surface area contributed by atoms with E-state index in [1.807, 2.05) is 12.1 Å². The van der Waals surface area contributed by atoms with Crippen molar-refractivity contribution in [2.45, 2.75) is 13.0 Å². The lowest BCUT2D eigenvalue weighted by Gasteiger charge is -2.17. The van der Waals surface area contributed by atoms with Crippen molar-refractivity contribution in [2.24, 2.45) is 11.0 Å². The highest BCUT2D eigenvalue weighted by atomic mass is 35.5. The summed E-state index contributed by atoms with van der Waals surface area (Å²) in [6, 6.07) is 5.37. The molecule has 0 radical (unpaired) electrons. The Kier molecular flexibility index (Phi) is 4.53. The highest BCUT2D eigenvalue weighted by molar-refractivity contribution is 6.42. The van der Waals surface area contributed by atoms with Crippen LogP contribution in [0.2, 0.25) is 10.0 Å². The van der Waals surface area contributed by atoms with Gasteiger partial charge in [0.25, 0.3) is 0 Å². The molecule has 19 heavy (non-hydrogen) atoms. The van der Waals surface area contributed by atoms with Gasteiger partial charge in [0, 0.05) is 31.0 Å². The van der Waals surface area contributed by atoms with Gasteiger partial charge >= 0.3 is 0 Å². The molecule has 1 amide bonds. The fourth-order valence-electron chi connectivity index (χ4n) is 2.16.